The van der Waals surface area contributed by atoms with Crippen LogP contribution in [0.1, 0.15) is 45.4 Å². The number of amides is 1. The van der Waals surface area contributed by atoms with Gasteiger partial charge in [0.1, 0.15) is 0 Å². The molecular formula is C21H29N3O3S. The number of nitrogens with one attached hydrogen (secondary N) is 1. The third-order valence-electron chi connectivity index (χ3n) is 5.20. The molecule has 1 aliphatic rings. The number of rotatable bonds is 7. The van der Waals surface area contributed by atoms with Gasteiger partial charge in [-0.3, -0.25) is 14.2 Å². The molecule has 28 heavy (non-hydrogen) atoms. The van der Waals surface area contributed by atoms with Crippen LogP contribution in [0.3, 0.4) is 0 Å². The number of ether oxygens (including phenoxy) is 1. The van der Waals surface area contributed by atoms with Crippen molar-refractivity contribution in [2.24, 2.45) is 0 Å². The van der Waals surface area contributed by atoms with Crippen LogP contribution in [0.25, 0.3) is 10.9 Å². The Hall–Kier alpha value is -1.86. The van der Waals surface area contributed by atoms with Crippen LogP contribution in [0.2, 0.25) is 0 Å². The Balaban J connectivity index is 1.79. The van der Waals surface area contributed by atoms with Crippen molar-refractivity contribution in [3.8, 4) is 0 Å². The average molecular weight is 404 g/mol. The molecule has 0 spiro atoms. The van der Waals surface area contributed by atoms with Crippen molar-refractivity contribution in [1.29, 1.82) is 0 Å². The number of methoxy groups -OCH3 is 1. The third kappa shape index (κ3) is 5.14. The van der Waals surface area contributed by atoms with E-state index in [-0.39, 0.29) is 22.8 Å². The number of carbonyl (C=O) groups is 1. The largest absolute Gasteiger partial charge is 0.383 e. The van der Waals surface area contributed by atoms with Crippen molar-refractivity contribution in [2.75, 3.05) is 13.7 Å². The fraction of sp³-hybridized carbons (Fsp3) is 0.571. The van der Waals surface area contributed by atoms with E-state index in [0.29, 0.717) is 29.2 Å². The molecular weight excluding hydrogens is 374 g/mol. The lowest BCUT2D eigenvalue weighted by atomic mass is 10.1. The molecule has 0 aliphatic heterocycles. The molecule has 1 aromatic heterocycles. The van der Waals surface area contributed by atoms with Gasteiger partial charge in [0, 0.05) is 13.2 Å². The zero-order valence-corrected chi connectivity index (χ0v) is 17.5. The smallest absolute Gasteiger partial charge is 0.262 e. The Bertz CT molecular complexity index is 860. The lowest BCUT2D eigenvalue weighted by Crippen LogP contribution is -2.39. The van der Waals surface area contributed by atoms with Crippen LogP contribution < -0.4 is 10.9 Å². The zero-order chi connectivity index (χ0) is 19.9. The number of benzene rings is 1. The van der Waals surface area contributed by atoms with Crippen molar-refractivity contribution in [3.05, 3.63) is 34.6 Å². The molecule has 1 heterocycles. The molecule has 1 saturated carbocycles. The van der Waals surface area contributed by atoms with E-state index < -0.39 is 0 Å². The number of hydrogen-bond acceptors (Lipinski definition) is 5. The topological polar surface area (TPSA) is 73.2 Å². The standard InChI is InChI=1S/C21H29N3O3S/c1-15(19(25)22-16-9-5-3-4-6-10-16)28-21-23-18-12-8-7-11-17(18)20(26)24(21)13-14-27-2/h7-8,11-12,15-16H,3-6,9-10,13-14H2,1-2H3,(H,22,25)/t15-/m0/s1. The van der Waals surface area contributed by atoms with Crippen LogP contribution in [-0.4, -0.2) is 40.5 Å². The third-order valence-corrected chi connectivity index (χ3v) is 6.29. The Kier molecular flexibility index (Phi) is 7.50. The average Bonchev–Trinajstić information content (AvgIpc) is 2.96. The molecule has 0 radical (unpaired) electrons. The van der Waals surface area contributed by atoms with Gasteiger partial charge < -0.3 is 10.1 Å². The summed E-state index contributed by atoms with van der Waals surface area (Å²) < 4.78 is 6.77. The number of aromatic nitrogens is 2. The zero-order valence-electron chi connectivity index (χ0n) is 16.6. The monoisotopic (exact) mass is 403 g/mol. The van der Waals surface area contributed by atoms with E-state index in [0.717, 1.165) is 12.8 Å². The maximum atomic E-state index is 12.9. The van der Waals surface area contributed by atoms with E-state index in [9.17, 15) is 9.59 Å². The minimum atomic E-state index is -0.329. The van der Waals surface area contributed by atoms with E-state index in [1.165, 1.54) is 37.4 Å². The highest BCUT2D eigenvalue weighted by molar-refractivity contribution is 8.00. The molecule has 1 N–H and O–H groups in total. The summed E-state index contributed by atoms with van der Waals surface area (Å²) in [4.78, 5) is 30.3. The molecule has 1 aromatic carbocycles. The number of carbonyl (C=O) groups excluding carboxylic acids is 1. The lowest BCUT2D eigenvalue weighted by Gasteiger charge is -2.20. The quantitative estimate of drug-likeness (QED) is 0.436. The summed E-state index contributed by atoms with van der Waals surface area (Å²) in [5.74, 6) is 0.0117. The Labute approximate surface area is 170 Å². The predicted molar refractivity (Wildman–Crippen MR) is 113 cm³/mol. The minimum Gasteiger partial charge on any atom is -0.383 e. The molecule has 0 unspecified atom stereocenters. The van der Waals surface area contributed by atoms with Gasteiger partial charge in [-0.15, -0.1) is 0 Å². The van der Waals surface area contributed by atoms with Crippen LogP contribution in [0.4, 0.5) is 0 Å². The Morgan fingerprint density at radius 2 is 2.00 bits per heavy atom. The maximum Gasteiger partial charge on any atom is 0.262 e. The van der Waals surface area contributed by atoms with Crippen LogP contribution in [0, 0.1) is 0 Å². The lowest BCUT2D eigenvalue weighted by molar-refractivity contribution is -0.121. The molecule has 1 fully saturated rings. The minimum absolute atomic E-state index is 0.0117. The fourth-order valence-corrected chi connectivity index (χ4v) is 4.52. The van der Waals surface area contributed by atoms with Crippen molar-refractivity contribution in [3.63, 3.8) is 0 Å². The Morgan fingerprint density at radius 1 is 1.29 bits per heavy atom. The Morgan fingerprint density at radius 3 is 2.71 bits per heavy atom. The molecule has 2 aromatic rings. The molecule has 1 aliphatic carbocycles. The van der Waals surface area contributed by atoms with E-state index in [2.05, 4.69) is 10.3 Å². The van der Waals surface area contributed by atoms with Gasteiger partial charge in [0.05, 0.1) is 29.3 Å². The number of para-hydroxylation sites is 1. The van der Waals surface area contributed by atoms with Crippen molar-refractivity contribution in [2.45, 2.75) is 68.4 Å². The van der Waals surface area contributed by atoms with Crippen LogP contribution in [0.15, 0.2) is 34.2 Å². The predicted octanol–water partition coefficient (Wildman–Crippen LogP) is 3.36. The molecule has 1 atom stereocenters. The maximum absolute atomic E-state index is 12.9. The van der Waals surface area contributed by atoms with Gasteiger partial charge in [-0.25, -0.2) is 4.98 Å². The van der Waals surface area contributed by atoms with Gasteiger partial charge in [0.25, 0.3) is 5.56 Å². The van der Waals surface area contributed by atoms with E-state index in [1.54, 1.807) is 17.7 Å². The number of thioether (sulfide) groups is 1. The highest BCUT2D eigenvalue weighted by Crippen LogP contribution is 2.24. The van der Waals surface area contributed by atoms with Crippen molar-refractivity contribution >= 4 is 28.6 Å². The molecule has 3 rings (SSSR count). The molecule has 7 heteroatoms. The van der Waals surface area contributed by atoms with Crippen molar-refractivity contribution in [1.82, 2.24) is 14.9 Å². The second-order valence-corrected chi connectivity index (χ2v) is 8.63. The van der Waals surface area contributed by atoms with Gasteiger partial charge in [-0.1, -0.05) is 49.6 Å². The summed E-state index contributed by atoms with van der Waals surface area (Å²) in [6.07, 6.45) is 6.96. The number of hydrogen-bond donors (Lipinski definition) is 1. The van der Waals surface area contributed by atoms with Gasteiger partial charge in [-0.05, 0) is 31.9 Å². The molecule has 6 nitrogen and oxygen atoms in total. The highest BCUT2D eigenvalue weighted by Gasteiger charge is 2.22. The number of fused-ring (bicyclic) bond motifs is 1. The van der Waals surface area contributed by atoms with Gasteiger partial charge in [0.2, 0.25) is 5.91 Å². The second-order valence-electron chi connectivity index (χ2n) is 7.32. The van der Waals surface area contributed by atoms with E-state index in [1.807, 2.05) is 25.1 Å². The van der Waals surface area contributed by atoms with Gasteiger partial charge in [0.15, 0.2) is 5.16 Å². The SMILES string of the molecule is COCCn1c(S[C@@H](C)C(=O)NC2CCCCCC2)nc2ccccc2c1=O. The summed E-state index contributed by atoms with van der Waals surface area (Å²) in [6, 6.07) is 7.58. The first-order valence-electron chi connectivity index (χ1n) is 10.1. The van der Waals surface area contributed by atoms with Gasteiger partial charge >= 0.3 is 0 Å². The highest BCUT2D eigenvalue weighted by atomic mass is 32.2. The van der Waals surface area contributed by atoms with E-state index in [4.69, 9.17) is 4.74 Å². The summed E-state index contributed by atoms with van der Waals surface area (Å²) in [5, 5.41) is 4.01. The first-order chi connectivity index (χ1) is 13.6. The van der Waals surface area contributed by atoms with Crippen LogP contribution >= 0.6 is 11.8 Å². The first kappa shape index (κ1) is 20.9. The second kappa shape index (κ2) is 10.1. The summed E-state index contributed by atoms with van der Waals surface area (Å²) in [7, 11) is 1.61. The summed E-state index contributed by atoms with van der Waals surface area (Å²) >= 11 is 1.34. The molecule has 0 bridgehead atoms. The summed E-state index contributed by atoms with van der Waals surface area (Å²) in [6.45, 7) is 2.70. The van der Waals surface area contributed by atoms with Gasteiger partial charge in [-0.2, -0.15) is 0 Å². The fourth-order valence-electron chi connectivity index (χ4n) is 3.57. The molecule has 0 saturated heterocycles. The first-order valence-corrected chi connectivity index (χ1v) is 10.9. The molecule has 152 valence electrons. The van der Waals surface area contributed by atoms with Crippen LogP contribution in [-0.2, 0) is 16.1 Å². The van der Waals surface area contributed by atoms with Crippen molar-refractivity contribution < 1.29 is 9.53 Å². The van der Waals surface area contributed by atoms with E-state index >= 15 is 0 Å². The normalized spacial score (nSPS) is 16.6. The summed E-state index contributed by atoms with van der Waals surface area (Å²) in [5.41, 5.74) is 0.557. The number of nitrogens with zero attached hydrogens (tertiary/aromatic N) is 2. The molecule has 1 amide bonds. The van der Waals surface area contributed by atoms with Crippen LogP contribution in [0.5, 0.6) is 0 Å².